The summed E-state index contributed by atoms with van der Waals surface area (Å²) >= 11 is 0. The average Bonchev–Trinajstić information content (AvgIpc) is 2.20. The van der Waals surface area contributed by atoms with Crippen LogP contribution in [0.3, 0.4) is 0 Å². The van der Waals surface area contributed by atoms with E-state index in [1.807, 2.05) is 13.0 Å². The molecule has 2 rings (SSSR count). The molecule has 1 aromatic carbocycles. The van der Waals surface area contributed by atoms with E-state index in [1.165, 1.54) is 12.1 Å². The predicted molar refractivity (Wildman–Crippen MR) is 67.1 cm³/mol. The number of benzene rings is 1. The fourth-order valence-corrected chi connectivity index (χ4v) is 2.09. The minimum absolute atomic E-state index is 0.243. The van der Waals surface area contributed by atoms with Crippen LogP contribution in [0.5, 0.6) is 5.75 Å². The molecule has 1 aromatic rings. The molecule has 0 unspecified atom stereocenters. The van der Waals surface area contributed by atoms with E-state index < -0.39 is 0 Å². The summed E-state index contributed by atoms with van der Waals surface area (Å²) in [6.45, 7) is 5.45. The smallest absolute Gasteiger partial charge is 0.127 e. The normalized spacial score (nSPS) is 16.8. The third kappa shape index (κ3) is 3.46. The van der Waals surface area contributed by atoms with Crippen molar-refractivity contribution in [3.05, 3.63) is 29.6 Å². The standard InChI is InChI=1S/C13H17BFNO/c1-10-4-12(15)6-13(5-10)17-3-2-16-8-11(7-14)9-16/h4-6,11H,2-3,7-9H2,1H3. The molecule has 0 N–H and O–H groups in total. The lowest BCUT2D eigenvalue weighted by Crippen LogP contribution is -2.47. The molecular formula is C13H17BFNO. The van der Waals surface area contributed by atoms with Crippen LogP contribution < -0.4 is 4.74 Å². The van der Waals surface area contributed by atoms with Crippen molar-refractivity contribution >= 4 is 7.85 Å². The van der Waals surface area contributed by atoms with Gasteiger partial charge in [0.1, 0.15) is 18.2 Å². The highest BCUT2D eigenvalue weighted by atomic mass is 19.1. The lowest BCUT2D eigenvalue weighted by atomic mass is 9.86. The molecule has 4 heteroatoms. The summed E-state index contributed by atoms with van der Waals surface area (Å²) in [6, 6.07) is 4.77. The first-order valence-electron chi connectivity index (χ1n) is 6.00. The Morgan fingerprint density at radius 2 is 2.18 bits per heavy atom. The summed E-state index contributed by atoms with van der Waals surface area (Å²) in [4.78, 5) is 2.30. The highest BCUT2D eigenvalue weighted by molar-refractivity contribution is 6.08. The highest BCUT2D eigenvalue weighted by Gasteiger charge is 2.23. The molecule has 0 saturated carbocycles. The second-order valence-corrected chi connectivity index (χ2v) is 4.67. The zero-order valence-corrected chi connectivity index (χ0v) is 10.2. The molecule has 0 amide bonds. The fraction of sp³-hybridized carbons (Fsp3) is 0.538. The van der Waals surface area contributed by atoms with Crippen LogP contribution in [-0.2, 0) is 0 Å². The van der Waals surface area contributed by atoms with E-state index in [-0.39, 0.29) is 5.82 Å². The van der Waals surface area contributed by atoms with Crippen LogP contribution in [0.4, 0.5) is 4.39 Å². The monoisotopic (exact) mass is 233 g/mol. The molecule has 1 aliphatic rings. The first-order chi connectivity index (χ1) is 8.17. The quantitative estimate of drug-likeness (QED) is 0.721. The highest BCUT2D eigenvalue weighted by Crippen LogP contribution is 2.18. The maximum absolute atomic E-state index is 13.1. The van der Waals surface area contributed by atoms with Gasteiger partial charge >= 0.3 is 0 Å². The van der Waals surface area contributed by atoms with Gasteiger partial charge in [-0.1, -0.05) is 6.32 Å². The van der Waals surface area contributed by atoms with Crippen LogP contribution >= 0.6 is 0 Å². The zero-order chi connectivity index (χ0) is 12.3. The molecule has 0 aromatic heterocycles. The van der Waals surface area contributed by atoms with Crippen molar-refractivity contribution in [1.29, 1.82) is 0 Å². The number of nitrogens with zero attached hydrogens (tertiary/aromatic N) is 1. The summed E-state index contributed by atoms with van der Waals surface area (Å²) in [5.74, 6) is 1.01. The Morgan fingerprint density at radius 3 is 2.82 bits per heavy atom. The van der Waals surface area contributed by atoms with Gasteiger partial charge in [-0.2, -0.15) is 0 Å². The van der Waals surface area contributed by atoms with Crippen LogP contribution in [0.1, 0.15) is 5.56 Å². The summed E-state index contributed by atoms with van der Waals surface area (Å²) in [6.07, 6.45) is 0.764. The van der Waals surface area contributed by atoms with Crippen LogP contribution in [0.25, 0.3) is 0 Å². The first-order valence-corrected chi connectivity index (χ1v) is 6.00. The number of aryl methyl sites for hydroxylation is 1. The third-order valence-corrected chi connectivity index (χ3v) is 3.06. The molecule has 1 heterocycles. The second-order valence-electron chi connectivity index (χ2n) is 4.67. The Labute approximate surface area is 103 Å². The van der Waals surface area contributed by atoms with Crippen molar-refractivity contribution in [1.82, 2.24) is 4.90 Å². The third-order valence-electron chi connectivity index (χ3n) is 3.06. The van der Waals surface area contributed by atoms with Gasteiger partial charge in [0.2, 0.25) is 0 Å². The second kappa shape index (κ2) is 5.54. The van der Waals surface area contributed by atoms with Crippen molar-refractivity contribution in [2.24, 2.45) is 5.92 Å². The van der Waals surface area contributed by atoms with Crippen molar-refractivity contribution in [2.75, 3.05) is 26.2 Å². The molecule has 0 spiro atoms. The number of hydrogen-bond donors (Lipinski definition) is 0. The summed E-state index contributed by atoms with van der Waals surface area (Å²) in [5, 5.41) is 0. The first kappa shape index (κ1) is 12.4. The average molecular weight is 233 g/mol. The van der Waals surface area contributed by atoms with E-state index in [0.29, 0.717) is 18.3 Å². The van der Waals surface area contributed by atoms with Crippen molar-refractivity contribution < 1.29 is 9.13 Å². The van der Waals surface area contributed by atoms with Gasteiger partial charge in [-0.3, -0.25) is 4.90 Å². The van der Waals surface area contributed by atoms with Gasteiger partial charge in [0, 0.05) is 25.7 Å². The predicted octanol–water partition coefficient (Wildman–Crippen LogP) is 2.03. The molecule has 1 saturated heterocycles. The van der Waals surface area contributed by atoms with Gasteiger partial charge in [0.05, 0.1) is 7.85 Å². The Morgan fingerprint density at radius 1 is 1.41 bits per heavy atom. The minimum atomic E-state index is -0.243. The number of rotatable bonds is 5. The maximum Gasteiger partial charge on any atom is 0.127 e. The number of likely N-dealkylation sites (tertiary alicyclic amines) is 1. The van der Waals surface area contributed by atoms with Crippen LogP contribution in [0.15, 0.2) is 18.2 Å². The molecule has 0 atom stereocenters. The van der Waals surface area contributed by atoms with E-state index in [9.17, 15) is 4.39 Å². The van der Waals surface area contributed by atoms with Gasteiger partial charge in [0.15, 0.2) is 0 Å². The maximum atomic E-state index is 13.1. The Balaban J connectivity index is 1.71. The van der Waals surface area contributed by atoms with Crippen molar-refractivity contribution in [3.8, 4) is 5.75 Å². The topological polar surface area (TPSA) is 12.5 Å². The molecule has 2 nitrogen and oxygen atoms in total. The summed E-state index contributed by atoms with van der Waals surface area (Å²) in [7, 11) is 5.55. The molecule has 17 heavy (non-hydrogen) atoms. The van der Waals surface area contributed by atoms with E-state index in [1.54, 1.807) is 0 Å². The van der Waals surface area contributed by atoms with Crippen molar-refractivity contribution in [3.63, 3.8) is 0 Å². The minimum Gasteiger partial charge on any atom is -0.492 e. The van der Waals surface area contributed by atoms with E-state index in [4.69, 9.17) is 12.6 Å². The van der Waals surface area contributed by atoms with Gasteiger partial charge in [0.25, 0.3) is 0 Å². The number of halogens is 1. The van der Waals surface area contributed by atoms with Gasteiger partial charge in [-0.05, 0) is 30.5 Å². The molecule has 0 bridgehead atoms. The van der Waals surface area contributed by atoms with E-state index in [0.717, 1.165) is 31.5 Å². The largest absolute Gasteiger partial charge is 0.492 e. The van der Waals surface area contributed by atoms with Gasteiger partial charge in [-0.15, -0.1) is 0 Å². The molecule has 90 valence electrons. The van der Waals surface area contributed by atoms with E-state index >= 15 is 0 Å². The van der Waals surface area contributed by atoms with Crippen LogP contribution in [0.2, 0.25) is 6.32 Å². The Bertz CT molecular complexity index is 359. The Kier molecular flexibility index (Phi) is 4.05. The van der Waals surface area contributed by atoms with Gasteiger partial charge < -0.3 is 4.74 Å². The molecule has 2 radical (unpaired) electrons. The summed E-state index contributed by atoms with van der Waals surface area (Å²) < 4.78 is 18.6. The van der Waals surface area contributed by atoms with Crippen LogP contribution in [0, 0.1) is 18.7 Å². The number of ether oxygens (including phenoxy) is 1. The van der Waals surface area contributed by atoms with Gasteiger partial charge in [-0.25, -0.2) is 4.39 Å². The molecule has 1 fully saturated rings. The SMILES string of the molecule is [B]CC1CN(CCOc2cc(C)cc(F)c2)C1. The van der Waals surface area contributed by atoms with Crippen molar-refractivity contribution in [2.45, 2.75) is 13.2 Å². The zero-order valence-electron chi connectivity index (χ0n) is 10.2. The summed E-state index contributed by atoms with van der Waals surface area (Å²) in [5.41, 5.74) is 0.882. The lowest BCUT2D eigenvalue weighted by Gasteiger charge is -2.38. The van der Waals surface area contributed by atoms with Crippen LogP contribution in [-0.4, -0.2) is 39.0 Å². The lowest BCUT2D eigenvalue weighted by molar-refractivity contribution is 0.0934. The molecular weight excluding hydrogens is 216 g/mol. The van der Waals surface area contributed by atoms with E-state index in [2.05, 4.69) is 4.90 Å². The molecule has 1 aliphatic heterocycles. The molecule has 0 aliphatic carbocycles. The fourth-order valence-electron chi connectivity index (χ4n) is 2.09. The Hall–Kier alpha value is -1.03. The number of hydrogen-bond acceptors (Lipinski definition) is 2.